The van der Waals surface area contributed by atoms with Crippen molar-refractivity contribution in [2.24, 2.45) is 0 Å². The molecule has 0 fully saturated rings. The second-order valence-electron chi connectivity index (χ2n) is 6.76. The van der Waals surface area contributed by atoms with E-state index in [-0.39, 0.29) is 23.4 Å². The number of rotatable bonds is 7. The molecule has 0 unspecified atom stereocenters. The van der Waals surface area contributed by atoms with Crippen LogP contribution in [0.25, 0.3) is 16.8 Å². The molecule has 30 heavy (non-hydrogen) atoms. The average Bonchev–Trinajstić information content (AvgIpc) is 2.76. The minimum absolute atomic E-state index is 0.100. The van der Waals surface area contributed by atoms with E-state index in [2.05, 4.69) is 5.32 Å². The fourth-order valence-corrected chi connectivity index (χ4v) is 3.41. The molecule has 3 aromatic carbocycles. The lowest BCUT2D eigenvalue weighted by atomic mass is 10.1. The van der Waals surface area contributed by atoms with E-state index in [1.54, 1.807) is 18.2 Å². The highest BCUT2D eigenvalue weighted by Gasteiger charge is 2.16. The molecule has 3 rings (SSSR count). The Labute approximate surface area is 180 Å². The molecule has 3 aromatic rings. The number of benzene rings is 3. The number of nitrogens with zero attached hydrogens (tertiary/aromatic N) is 1. The smallest absolute Gasteiger partial charge is 0.250 e. The topological polar surface area (TPSA) is 52.6 Å². The molecule has 0 atom stereocenters. The number of aliphatic hydroxyl groups is 1. The van der Waals surface area contributed by atoms with E-state index in [4.69, 9.17) is 17.3 Å². The normalized spacial score (nSPS) is 11.0. The van der Waals surface area contributed by atoms with Gasteiger partial charge in [0.15, 0.2) is 5.11 Å². The Morgan fingerprint density at radius 1 is 1.03 bits per heavy atom. The molecule has 0 aliphatic carbocycles. The molecule has 0 saturated carbocycles. The molecule has 2 N–H and O–H groups in total. The standard InChI is InChI=1S/C24H23FN2O2S/c25-20-13-10-18(11-14-20)12-15-23(29)26-24(30)27(16-3-4-17-28)22-9-5-7-19-6-1-2-8-21(19)22/h1-2,5-15,28H,3-4,16-17H2,(H,26,29,30)/b15-12+. The summed E-state index contributed by atoms with van der Waals surface area (Å²) in [4.78, 5) is 14.3. The number of aliphatic hydroxyl groups excluding tert-OH is 1. The van der Waals surface area contributed by atoms with Crippen LogP contribution in [0.5, 0.6) is 0 Å². The number of halogens is 1. The van der Waals surface area contributed by atoms with Crippen LogP contribution in [0, 0.1) is 5.82 Å². The van der Waals surface area contributed by atoms with Gasteiger partial charge in [-0.05, 0) is 60.3 Å². The zero-order chi connectivity index (χ0) is 21.3. The van der Waals surface area contributed by atoms with Crippen LogP contribution in [0.2, 0.25) is 0 Å². The van der Waals surface area contributed by atoms with E-state index in [0.717, 1.165) is 22.9 Å². The van der Waals surface area contributed by atoms with Crippen LogP contribution in [-0.4, -0.2) is 29.3 Å². The van der Waals surface area contributed by atoms with Gasteiger partial charge in [0, 0.05) is 24.6 Å². The van der Waals surface area contributed by atoms with Gasteiger partial charge >= 0.3 is 0 Å². The van der Waals surface area contributed by atoms with Gasteiger partial charge in [0.2, 0.25) is 5.91 Å². The number of unbranched alkanes of at least 4 members (excludes halogenated alkanes) is 1. The lowest BCUT2D eigenvalue weighted by Gasteiger charge is -2.26. The molecule has 0 saturated heterocycles. The van der Waals surface area contributed by atoms with E-state index in [0.29, 0.717) is 18.5 Å². The Balaban J connectivity index is 1.78. The van der Waals surface area contributed by atoms with Crippen molar-refractivity contribution < 1.29 is 14.3 Å². The summed E-state index contributed by atoms with van der Waals surface area (Å²) in [6.07, 6.45) is 4.34. The molecular formula is C24H23FN2O2S. The van der Waals surface area contributed by atoms with E-state index >= 15 is 0 Å². The quantitative estimate of drug-likeness (QED) is 0.330. The number of hydrogen-bond donors (Lipinski definition) is 2. The zero-order valence-corrected chi connectivity index (χ0v) is 17.2. The molecular weight excluding hydrogens is 399 g/mol. The molecule has 154 valence electrons. The fraction of sp³-hybridized carbons (Fsp3) is 0.167. The Hall–Kier alpha value is -3.09. The highest BCUT2D eigenvalue weighted by molar-refractivity contribution is 7.80. The zero-order valence-electron chi connectivity index (χ0n) is 16.4. The van der Waals surface area contributed by atoms with E-state index in [1.165, 1.54) is 18.2 Å². The van der Waals surface area contributed by atoms with Crippen LogP contribution >= 0.6 is 12.2 Å². The minimum Gasteiger partial charge on any atom is -0.396 e. The summed E-state index contributed by atoms with van der Waals surface area (Å²) in [7, 11) is 0. The van der Waals surface area contributed by atoms with Crippen molar-refractivity contribution in [3.05, 3.63) is 84.2 Å². The number of fused-ring (bicyclic) bond motifs is 1. The summed E-state index contributed by atoms with van der Waals surface area (Å²) >= 11 is 5.54. The van der Waals surface area contributed by atoms with Gasteiger partial charge in [-0.25, -0.2) is 4.39 Å². The maximum atomic E-state index is 13.0. The van der Waals surface area contributed by atoms with Gasteiger partial charge in [-0.1, -0.05) is 48.5 Å². The molecule has 0 aliphatic heterocycles. The molecule has 4 nitrogen and oxygen atoms in total. The highest BCUT2D eigenvalue weighted by Crippen LogP contribution is 2.27. The lowest BCUT2D eigenvalue weighted by Crippen LogP contribution is -2.43. The van der Waals surface area contributed by atoms with Crippen molar-refractivity contribution in [3.8, 4) is 0 Å². The van der Waals surface area contributed by atoms with Crippen LogP contribution in [0.1, 0.15) is 18.4 Å². The first kappa shape index (κ1) is 21.6. The third-order valence-corrected chi connectivity index (χ3v) is 4.94. The number of amides is 1. The van der Waals surface area contributed by atoms with Crippen LogP contribution in [0.15, 0.2) is 72.8 Å². The van der Waals surface area contributed by atoms with Crippen molar-refractivity contribution in [2.75, 3.05) is 18.1 Å². The van der Waals surface area contributed by atoms with Gasteiger partial charge in [0.1, 0.15) is 5.82 Å². The highest BCUT2D eigenvalue weighted by atomic mass is 32.1. The largest absolute Gasteiger partial charge is 0.396 e. The fourth-order valence-electron chi connectivity index (χ4n) is 3.12. The second-order valence-corrected chi connectivity index (χ2v) is 7.15. The summed E-state index contributed by atoms with van der Waals surface area (Å²) < 4.78 is 13.0. The third-order valence-electron chi connectivity index (χ3n) is 4.62. The lowest BCUT2D eigenvalue weighted by molar-refractivity contribution is -0.115. The number of carbonyl (C=O) groups excluding carboxylic acids is 1. The minimum atomic E-state index is -0.364. The Morgan fingerprint density at radius 3 is 2.53 bits per heavy atom. The maximum Gasteiger partial charge on any atom is 0.250 e. The molecule has 0 bridgehead atoms. The van der Waals surface area contributed by atoms with Gasteiger partial charge in [-0.15, -0.1) is 0 Å². The van der Waals surface area contributed by atoms with E-state index in [1.807, 2.05) is 47.4 Å². The van der Waals surface area contributed by atoms with Crippen molar-refractivity contribution in [1.29, 1.82) is 0 Å². The number of anilines is 1. The molecule has 0 heterocycles. The summed E-state index contributed by atoms with van der Waals surface area (Å²) in [5.74, 6) is -0.692. The van der Waals surface area contributed by atoms with Crippen LogP contribution < -0.4 is 10.2 Å². The first-order valence-corrected chi connectivity index (χ1v) is 10.1. The molecule has 0 aromatic heterocycles. The van der Waals surface area contributed by atoms with Crippen molar-refractivity contribution >= 4 is 45.8 Å². The van der Waals surface area contributed by atoms with E-state index < -0.39 is 0 Å². The Morgan fingerprint density at radius 2 is 1.77 bits per heavy atom. The van der Waals surface area contributed by atoms with Crippen LogP contribution in [-0.2, 0) is 4.79 Å². The number of carbonyl (C=O) groups is 1. The Bertz CT molecular complexity index is 1050. The summed E-state index contributed by atoms with van der Waals surface area (Å²) in [6.45, 7) is 0.665. The van der Waals surface area contributed by atoms with Gasteiger partial charge in [0.25, 0.3) is 0 Å². The molecule has 0 spiro atoms. The third kappa shape index (κ3) is 5.72. The second kappa shape index (κ2) is 10.6. The predicted molar refractivity (Wildman–Crippen MR) is 124 cm³/mol. The number of hydrogen-bond acceptors (Lipinski definition) is 3. The van der Waals surface area contributed by atoms with Gasteiger partial charge < -0.3 is 10.0 Å². The summed E-state index contributed by atoms with van der Waals surface area (Å²) in [5, 5.41) is 14.3. The molecule has 0 aliphatic rings. The molecule has 0 radical (unpaired) electrons. The van der Waals surface area contributed by atoms with Gasteiger partial charge in [-0.2, -0.15) is 0 Å². The van der Waals surface area contributed by atoms with Crippen LogP contribution in [0.3, 0.4) is 0 Å². The SMILES string of the molecule is O=C(/C=C/c1ccc(F)cc1)NC(=S)N(CCCCO)c1cccc2ccccc12. The molecule has 6 heteroatoms. The monoisotopic (exact) mass is 422 g/mol. The number of nitrogens with one attached hydrogen (secondary N) is 1. The van der Waals surface area contributed by atoms with Gasteiger partial charge in [-0.3, -0.25) is 10.1 Å². The van der Waals surface area contributed by atoms with Crippen molar-refractivity contribution in [2.45, 2.75) is 12.8 Å². The Kier molecular flexibility index (Phi) is 7.65. The molecule has 1 amide bonds. The number of thiocarbonyl (C=S) groups is 1. The van der Waals surface area contributed by atoms with Crippen molar-refractivity contribution in [3.63, 3.8) is 0 Å². The van der Waals surface area contributed by atoms with E-state index in [9.17, 15) is 9.18 Å². The maximum absolute atomic E-state index is 13.0. The first-order chi connectivity index (χ1) is 14.6. The van der Waals surface area contributed by atoms with Crippen LogP contribution in [0.4, 0.5) is 10.1 Å². The first-order valence-electron chi connectivity index (χ1n) is 9.73. The van der Waals surface area contributed by atoms with Gasteiger partial charge in [0.05, 0.1) is 5.69 Å². The summed E-state index contributed by atoms with van der Waals surface area (Å²) in [6, 6.07) is 19.8. The van der Waals surface area contributed by atoms with Crippen molar-refractivity contribution in [1.82, 2.24) is 5.32 Å². The summed E-state index contributed by atoms with van der Waals surface area (Å²) in [5.41, 5.74) is 1.62. The predicted octanol–water partition coefficient (Wildman–Crippen LogP) is 4.67. The average molecular weight is 423 g/mol.